The summed E-state index contributed by atoms with van der Waals surface area (Å²) in [6.45, 7) is 4.26. The predicted molar refractivity (Wildman–Crippen MR) is 110 cm³/mol. The average molecular weight is 420 g/mol. The van der Waals surface area contributed by atoms with Gasteiger partial charge in [-0.15, -0.1) is 0 Å². The van der Waals surface area contributed by atoms with Gasteiger partial charge in [0.05, 0.1) is 18.6 Å². The highest BCUT2D eigenvalue weighted by Crippen LogP contribution is 2.34. The summed E-state index contributed by atoms with van der Waals surface area (Å²) >= 11 is 0. The molecule has 156 valence electrons. The lowest BCUT2D eigenvalue weighted by Gasteiger charge is -2.30. The molecule has 1 atom stereocenters. The van der Waals surface area contributed by atoms with Crippen LogP contribution in [-0.2, 0) is 14.8 Å². The fraction of sp³-hybridized carbons (Fsp3) is 0.350. The van der Waals surface area contributed by atoms with Crippen LogP contribution in [0.15, 0.2) is 42.5 Å². The molecule has 2 aromatic rings. The number of fused-ring (bicyclic) bond motifs is 1. The smallest absolute Gasteiger partial charge is 0.248 e. The maximum atomic E-state index is 13.0. The molecule has 2 aromatic carbocycles. The van der Waals surface area contributed by atoms with Crippen LogP contribution in [0.4, 0.5) is 11.4 Å². The zero-order valence-electron chi connectivity index (χ0n) is 16.5. The molecule has 0 fully saturated rings. The lowest BCUT2D eigenvalue weighted by Crippen LogP contribution is -2.46. The first-order valence-corrected chi connectivity index (χ1v) is 11.1. The number of amides is 1. The molecule has 8 nitrogen and oxygen atoms in total. The van der Waals surface area contributed by atoms with Crippen molar-refractivity contribution >= 4 is 27.3 Å². The Morgan fingerprint density at radius 2 is 1.83 bits per heavy atom. The monoisotopic (exact) mass is 420 g/mol. The molecule has 1 heterocycles. The van der Waals surface area contributed by atoms with Crippen molar-refractivity contribution in [3.8, 4) is 17.2 Å². The molecule has 3 rings (SSSR count). The van der Waals surface area contributed by atoms with E-state index in [1.54, 1.807) is 49.4 Å². The number of hydrogen-bond donors (Lipinski definition) is 1. The molecule has 0 bridgehead atoms. The van der Waals surface area contributed by atoms with Gasteiger partial charge in [-0.3, -0.25) is 9.10 Å². The van der Waals surface area contributed by atoms with Gasteiger partial charge in [0.25, 0.3) is 0 Å². The van der Waals surface area contributed by atoms with Crippen molar-refractivity contribution in [1.29, 1.82) is 0 Å². The van der Waals surface area contributed by atoms with Crippen LogP contribution in [0, 0.1) is 0 Å². The quantitative estimate of drug-likeness (QED) is 0.706. The number of rotatable bonds is 8. The number of nitrogens with one attached hydrogen (secondary N) is 1. The van der Waals surface area contributed by atoms with Gasteiger partial charge >= 0.3 is 0 Å². The predicted octanol–water partition coefficient (Wildman–Crippen LogP) is 3.00. The van der Waals surface area contributed by atoms with Crippen molar-refractivity contribution in [3.05, 3.63) is 42.5 Å². The fourth-order valence-corrected chi connectivity index (χ4v) is 4.33. The van der Waals surface area contributed by atoms with Gasteiger partial charge in [0.1, 0.15) is 11.8 Å². The molecule has 0 aromatic heterocycles. The van der Waals surface area contributed by atoms with Crippen molar-refractivity contribution in [2.45, 2.75) is 26.3 Å². The van der Waals surface area contributed by atoms with E-state index in [9.17, 15) is 13.2 Å². The van der Waals surface area contributed by atoms with E-state index in [1.807, 2.05) is 6.92 Å². The maximum absolute atomic E-state index is 13.0. The summed E-state index contributed by atoms with van der Waals surface area (Å²) in [5.41, 5.74) is 0.890. The summed E-state index contributed by atoms with van der Waals surface area (Å²) in [6, 6.07) is 10.7. The van der Waals surface area contributed by atoms with E-state index < -0.39 is 22.0 Å². The Kier molecular flexibility index (Phi) is 6.17. The first kappa shape index (κ1) is 20.8. The van der Waals surface area contributed by atoms with Crippen molar-refractivity contribution in [3.63, 3.8) is 0 Å². The van der Waals surface area contributed by atoms with E-state index in [4.69, 9.17) is 14.2 Å². The molecular weight excluding hydrogens is 396 g/mol. The molecule has 1 amide bonds. The second-order valence-corrected chi connectivity index (χ2v) is 8.33. The number of nitrogens with zero attached hydrogens (tertiary/aromatic N) is 1. The Balaban J connectivity index is 1.86. The Labute approximate surface area is 170 Å². The first-order chi connectivity index (χ1) is 13.8. The molecule has 1 aliphatic heterocycles. The Morgan fingerprint density at radius 3 is 2.45 bits per heavy atom. The van der Waals surface area contributed by atoms with Crippen LogP contribution in [0.5, 0.6) is 17.2 Å². The Hall–Kier alpha value is -2.94. The van der Waals surface area contributed by atoms with E-state index in [0.29, 0.717) is 35.2 Å². The van der Waals surface area contributed by atoms with E-state index >= 15 is 0 Å². The minimum Gasteiger partial charge on any atom is -0.494 e. The number of ether oxygens (including phenoxy) is 3. The summed E-state index contributed by atoms with van der Waals surface area (Å²) < 4.78 is 42.2. The molecule has 0 spiro atoms. The van der Waals surface area contributed by atoms with Crippen molar-refractivity contribution in [2.24, 2.45) is 0 Å². The van der Waals surface area contributed by atoms with Gasteiger partial charge in [-0.1, -0.05) is 6.92 Å². The van der Waals surface area contributed by atoms with E-state index in [2.05, 4.69) is 5.32 Å². The summed E-state index contributed by atoms with van der Waals surface area (Å²) in [6.07, 6.45) is 1.37. The van der Waals surface area contributed by atoms with Crippen LogP contribution < -0.4 is 23.8 Å². The molecule has 9 heteroatoms. The zero-order chi connectivity index (χ0) is 21.0. The summed E-state index contributed by atoms with van der Waals surface area (Å²) in [5.74, 6) is 1.32. The Morgan fingerprint density at radius 1 is 1.14 bits per heavy atom. The largest absolute Gasteiger partial charge is 0.494 e. The highest BCUT2D eigenvalue weighted by Gasteiger charge is 2.31. The lowest BCUT2D eigenvalue weighted by molar-refractivity contribution is -0.117. The highest BCUT2D eigenvalue weighted by atomic mass is 32.2. The molecule has 0 aliphatic carbocycles. The number of sulfonamides is 1. The van der Waals surface area contributed by atoms with Crippen molar-refractivity contribution < 1.29 is 27.4 Å². The zero-order valence-corrected chi connectivity index (χ0v) is 17.4. The Bertz CT molecular complexity index is 975. The number of carbonyl (C=O) groups excluding carboxylic acids is 1. The van der Waals surface area contributed by atoms with E-state index in [0.717, 1.165) is 10.6 Å². The van der Waals surface area contributed by atoms with Gasteiger partial charge in [-0.2, -0.15) is 0 Å². The molecule has 1 N–H and O–H groups in total. The number of hydrogen-bond acceptors (Lipinski definition) is 6. The van der Waals surface area contributed by atoms with Crippen LogP contribution in [0.3, 0.4) is 0 Å². The van der Waals surface area contributed by atoms with Crippen molar-refractivity contribution in [1.82, 2.24) is 0 Å². The van der Waals surface area contributed by atoms with E-state index in [-0.39, 0.29) is 13.2 Å². The second-order valence-electron chi connectivity index (χ2n) is 6.47. The molecule has 0 saturated carbocycles. The molecule has 1 unspecified atom stereocenters. The molecular formula is C20H24N2O6S. The summed E-state index contributed by atoms with van der Waals surface area (Å²) in [5, 5.41) is 2.77. The van der Waals surface area contributed by atoms with E-state index in [1.165, 1.54) is 0 Å². The second kappa shape index (κ2) is 8.60. The third kappa shape index (κ3) is 4.73. The summed E-state index contributed by atoms with van der Waals surface area (Å²) in [4.78, 5) is 13.0. The normalized spacial score (nSPS) is 13.6. The number of anilines is 2. The first-order valence-electron chi connectivity index (χ1n) is 9.26. The van der Waals surface area contributed by atoms with Crippen LogP contribution in [-0.4, -0.2) is 40.0 Å². The third-order valence-corrected chi connectivity index (χ3v) is 5.55. The fourth-order valence-electron chi connectivity index (χ4n) is 3.12. The van der Waals surface area contributed by atoms with Gasteiger partial charge in [-0.05, 0) is 49.7 Å². The topological polar surface area (TPSA) is 94.2 Å². The minimum absolute atomic E-state index is 0.129. The number of benzene rings is 2. The van der Waals surface area contributed by atoms with Gasteiger partial charge in [0.15, 0.2) is 11.5 Å². The van der Waals surface area contributed by atoms with Gasteiger partial charge in [0, 0.05) is 11.8 Å². The van der Waals surface area contributed by atoms with Gasteiger partial charge in [0.2, 0.25) is 22.7 Å². The van der Waals surface area contributed by atoms with Gasteiger partial charge in [-0.25, -0.2) is 8.42 Å². The molecule has 1 aliphatic rings. The molecule has 29 heavy (non-hydrogen) atoms. The maximum Gasteiger partial charge on any atom is 0.248 e. The SMILES string of the molecule is CCOc1ccc(N(C(CC)C(=O)Nc2ccc3c(c2)OCO3)S(C)(=O)=O)cc1. The lowest BCUT2D eigenvalue weighted by atomic mass is 10.1. The van der Waals surface area contributed by atoms with Crippen LogP contribution in [0.1, 0.15) is 20.3 Å². The third-order valence-electron chi connectivity index (χ3n) is 4.37. The van der Waals surface area contributed by atoms with Gasteiger partial charge < -0.3 is 19.5 Å². The van der Waals surface area contributed by atoms with Crippen LogP contribution >= 0.6 is 0 Å². The van der Waals surface area contributed by atoms with Crippen LogP contribution in [0.2, 0.25) is 0 Å². The standard InChI is InChI=1S/C20H24N2O6S/c1-4-17(20(23)21-14-6-11-18-19(12-14)28-13-27-18)22(29(3,24)25)15-7-9-16(10-8-15)26-5-2/h6-12,17H,4-5,13H2,1-3H3,(H,21,23). The van der Waals surface area contributed by atoms with Crippen LogP contribution in [0.25, 0.3) is 0 Å². The summed E-state index contributed by atoms with van der Waals surface area (Å²) in [7, 11) is -3.71. The molecule has 0 radical (unpaired) electrons. The number of carbonyl (C=O) groups is 1. The average Bonchev–Trinajstić information content (AvgIpc) is 3.14. The molecule has 0 saturated heterocycles. The van der Waals surface area contributed by atoms with Crippen molar-refractivity contribution in [2.75, 3.05) is 29.3 Å². The highest BCUT2D eigenvalue weighted by molar-refractivity contribution is 7.92. The minimum atomic E-state index is -3.71.